The Bertz CT molecular complexity index is 461. The fourth-order valence-corrected chi connectivity index (χ4v) is 3.25. The number of likely N-dealkylation sites (N-methyl/N-ethyl adjacent to an activating group) is 1. The highest BCUT2D eigenvalue weighted by Gasteiger charge is 2.35. The van der Waals surface area contributed by atoms with E-state index in [0.29, 0.717) is 19.4 Å². The van der Waals surface area contributed by atoms with Gasteiger partial charge in [-0.25, -0.2) is 8.42 Å². The Morgan fingerprint density at radius 1 is 1.48 bits per heavy atom. The van der Waals surface area contributed by atoms with Crippen molar-refractivity contribution in [2.45, 2.75) is 37.2 Å². The fraction of sp³-hybridized carbons (Fsp3) is 0.909. The van der Waals surface area contributed by atoms with Gasteiger partial charge in [-0.05, 0) is 26.8 Å². The minimum atomic E-state index is -4.46. The molecule has 0 unspecified atom stereocenters. The monoisotopic (exact) mass is 332 g/mol. The number of ether oxygens (including phenoxy) is 1. The van der Waals surface area contributed by atoms with Crippen LogP contribution in [0, 0.1) is 0 Å². The van der Waals surface area contributed by atoms with Gasteiger partial charge in [0.05, 0.1) is 19.2 Å². The number of carbonyl (C=O) groups is 1. The maximum absolute atomic E-state index is 12.3. The molecule has 0 aromatic rings. The molecule has 1 heterocycles. The van der Waals surface area contributed by atoms with Crippen molar-refractivity contribution in [2.24, 2.45) is 0 Å². The standard InChI is InChI=1S/C11H19F3N2O4S/c1-8(16(2)7-11(12,13)14)10(17)15-21(18,19)9-4-3-5-20-6-9/h8-9H,3-7H2,1-2H3,(H,15,17)/t8-,9+/m1/s1. The molecule has 1 saturated heterocycles. The third-order valence-electron chi connectivity index (χ3n) is 3.27. The van der Waals surface area contributed by atoms with Crippen LogP contribution in [0.3, 0.4) is 0 Å². The van der Waals surface area contributed by atoms with Crippen LogP contribution in [-0.2, 0) is 19.6 Å². The van der Waals surface area contributed by atoms with Gasteiger partial charge in [-0.3, -0.25) is 14.4 Å². The number of nitrogens with one attached hydrogen (secondary N) is 1. The summed E-state index contributed by atoms with van der Waals surface area (Å²) in [6.07, 6.45) is -3.54. The molecule has 1 aliphatic rings. The summed E-state index contributed by atoms with van der Waals surface area (Å²) in [5.74, 6) is -0.979. The zero-order chi connectivity index (χ0) is 16.3. The van der Waals surface area contributed by atoms with Gasteiger partial charge in [-0.15, -0.1) is 0 Å². The van der Waals surface area contributed by atoms with Gasteiger partial charge in [0.25, 0.3) is 0 Å². The Kier molecular flexibility index (Phi) is 6.00. The van der Waals surface area contributed by atoms with Gasteiger partial charge in [-0.1, -0.05) is 0 Å². The van der Waals surface area contributed by atoms with Crippen LogP contribution in [0.4, 0.5) is 13.2 Å². The molecule has 2 atom stereocenters. The molecule has 124 valence electrons. The second-order valence-corrected chi connectivity index (χ2v) is 7.02. The van der Waals surface area contributed by atoms with E-state index in [9.17, 15) is 26.4 Å². The van der Waals surface area contributed by atoms with E-state index in [4.69, 9.17) is 4.74 Å². The van der Waals surface area contributed by atoms with Gasteiger partial charge in [-0.2, -0.15) is 13.2 Å². The van der Waals surface area contributed by atoms with Gasteiger partial charge in [0, 0.05) is 6.61 Å². The molecule has 0 radical (unpaired) electrons. The van der Waals surface area contributed by atoms with Crippen LogP contribution in [0.2, 0.25) is 0 Å². The average molecular weight is 332 g/mol. The lowest BCUT2D eigenvalue weighted by atomic mass is 10.2. The Hall–Kier alpha value is -0.870. The van der Waals surface area contributed by atoms with Crippen LogP contribution in [0.5, 0.6) is 0 Å². The molecule has 1 amide bonds. The number of carbonyl (C=O) groups excluding carboxylic acids is 1. The van der Waals surface area contributed by atoms with Crippen molar-refractivity contribution >= 4 is 15.9 Å². The van der Waals surface area contributed by atoms with E-state index in [1.807, 2.05) is 4.72 Å². The third kappa shape index (κ3) is 5.79. The topological polar surface area (TPSA) is 75.7 Å². The van der Waals surface area contributed by atoms with Crippen molar-refractivity contribution in [1.29, 1.82) is 0 Å². The molecule has 0 aliphatic carbocycles. The van der Waals surface area contributed by atoms with E-state index in [0.717, 1.165) is 11.9 Å². The molecule has 21 heavy (non-hydrogen) atoms. The minimum Gasteiger partial charge on any atom is -0.380 e. The van der Waals surface area contributed by atoms with Crippen LogP contribution in [0.25, 0.3) is 0 Å². The smallest absolute Gasteiger partial charge is 0.380 e. The van der Waals surface area contributed by atoms with E-state index in [1.54, 1.807) is 0 Å². The third-order valence-corrected chi connectivity index (χ3v) is 5.00. The molecule has 0 aromatic heterocycles. The normalized spacial score (nSPS) is 22.1. The number of halogens is 3. The summed E-state index contributed by atoms with van der Waals surface area (Å²) in [6, 6.07) is -1.22. The lowest BCUT2D eigenvalue weighted by Gasteiger charge is -2.26. The van der Waals surface area contributed by atoms with Crippen molar-refractivity contribution in [3.05, 3.63) is 0 Å². The molecular weight excluding hydrogens is 313 g/mol. The van der Waals surface area contributed by atoms with E-state index < -0.39 is 39.9 Å². The number of amides is 1. The van der Waals surface area contributed by atoms with Crippen molar-refractivity contribution in [2.75, 3.05) is 26.8 Å². The highest BCUT2D eigenvalue weighted by atomic mass is 32.2. The quantitative estimate of drug-likeness (QED) is 0.793. The van der Waals surface area contributed by atoms with Gasteiger partial charge in [0.15, 0.2) is 0 Å². The summed E-state index contributed by atoms with van der Waals surface area (Å²) in [5.41, 5.74) is 0. The fourth-order valence-electron chi connectivity index (χ4n) is 1.88. The molecule has 1 N–H and O–H groups in total. The van der Waals surface area contributed by atoms with Gasteiger partial charge < -0.3 is 4.74 Å². The Morgan fingerprint density at radius 2 is 2.10 bits per heavy atom. The van der Waals surface area contributed by atoms with Crippen molar-refractivity contribution in [3.8, 4) is 0 Å². The maximum Gasteiger partial charge on any atom is 0.401 e. The number of nitrogens with zero attached hydrogens (tertiary/aromatic N) is 1. The van der Waals surface area contributed by atoms with Gasteiger partial charge >= 0.3 is 6.18 Å². The molecule has 1 fully saturated rings. The summed E-state index contributed by atoms with van der Waals surface area (Å²) in [7, 11) is -2.83. The summed E-state index contributed by atoms with van der Waals surface area (Å²) in [6.45, 7) is 0.363. The molecule has 0 aromatic carbocycles. The molecule has 10 heteroatoms. The molecule has 0 saturated carbocycles. The van der Waals surface area contributed by atoms with E-state index in [-0.39, 0.29) is 6.61 Å². The predicted octanol–water partition coefficient (Wildman–Crippen LogP) is 0.494. The first-order valence-corrected chi connectivity index (χ1v) is 7.98. The lowest BCUT2D eigenvalue weighted by Crippen LogP contribution is -2.50. The first-order chi connectivity index (χ1) is 9.53. The number of alkyl halides is 3. The molecule has 0 spiro atoms. The number of sulfonamides is 1. The van der Waals surface area contributed by atoms with E-state index in [1.165, 1.54) is 6.92 Å². The predicted molar refractivity (Wildman–Crippen MR) is 69.1 cm³/mol. The number of hydrogen-bond acceptors (Lipinski definition) is 5. The largest absolute Gasteiger partial charge is 0.401 e. The minimum absolute atomic E-state index is 0.0185. The molecular formula is C11H19F3N2O4S. The van der Waals surface area contributed by atoms with Gasteiger partial charge in [0.2, 0.25) is 15.9 Å². The Morgan fingerprint density at radius 3 is 2.57 bits per heavy atom. The highest BCUT2D eigenvalue weighted by Crippen LogP contribution is 2.17. The summed E-state index contributed by atoms with van der Waals surface area (Å²) in [4.78, 5) is 12.5. The zero-order valence-electron chi connectivity index (χ0n) is 11.8. The van der Waals surface area contributed by atoms with Crippen LogP contribution in [0.15, 0.2) is 0 Å². The average Bonchev–Trinajstić information content (AvgIpc) is 2.36. The van der Waals surface area contributed by atoms with Crippen LogP contribution >= 0.6 is 0 Å². The van der Waals surface area contributed by atoms with Crippen molar-refractivity contribution in [1.82, 2.24) is 9.62 Å². The highest BCUT2D eigenvalue weighted by molar-refractivity contribution is 7.90. The summed E-state index contributed by atoms with van der Waals surface area (Å²) in [5, 5.41) is -0.852. The van der Waals surface area contributed by atoms with E-state index in [2.05, 4.69) is 0 Å². The van der Waals surface area contributed by atoms with Crippen LogP contribution in [0.1, 0.15) is 19.8 Å². The number of hydrogen-bond donors (Lipinski definition) is 1. The van der Waals surface area contributed by atoms with E-state index >= 15 is 0 Å². The molecule has 1 aliphatic heterocycles. The molecule has 1 rings (SSSR count). The maximum atomic E-state index is 12.3. The lowest BCUT2D eigenvalue weighted by molar-refractivity contribution is -0.150. The first-order valence-electron chi connectivity index (χ1n) is 6.43. The van der Waals surface area contributed by atoms with Gasteiger partial charge in [0.1, 0.15) is 5.25 Å². The van der Waals surface area contributed by atoms with Crippen molar-refractivity contribution in [3.63, 3.8) is 0 Å². The zero-order valence-corrected chi connectivity index (χ0v) is 12.6. The van der Waals surface area contributed by atoms with Crippen LogP contribution < -0.4 is 4.72 Å². The first kappa shape index (κ1) is 18.2. The SMILES string of the molecule is C[C@H](C(=O)NS(=O)(=O)[C@H]1CCCOC1)N(C)CC(F)(F)F. The molecule has 0 bridgehead atoms. The summed E-state index contributed by atoms with van der Waals surface area (Å²) < 4.78 is 67.5. The van der Waals surface area contributed by atoms with Crippen molar-refractivity contribution < 1.29 is 31.1 Å². The Balaban J connectivity index is 2.62. The second kappa shape index (κ2) is 6.93. The summed E-state index contributed by atoms with van der Waals surface area (Å²) >= 11 is 0. The van der Waals surface area contributed by atoms with Crippen LogP contribution in [-0.4, -0.2) is 63.5 Å². The Labute approximate surface area is 121 Å². The number of rotatable bonds is 5. The molecule has 6 nitrogen and oxygen atoms in total. The second-order valence-electron chi connectivity index (χ2n) is 5.06.